The SMILES string of the molecule is COc1ccc(C=NC(C)(C)C)c([Si](C)(O[Si](C)(C)C)O[Si](C)(C)C)c1. The summed E-state index contributed by atoms with van der Waals surface area (Å²) in [6.07, 6.45) is 1.96. The molecule has 0 saturated heterocycles. The molecule has 0 aromatic heterocycles. The van der Waals surface area contributed by atoms with Gasteiger partial charge >= 0.3 is 8.56 Å². The lowest BCUT2D eigenvalue weighted by Gasteiger charge is -2.39. The number of aliphatic imine (C=N–C) groups is 1. The molecule has 0 spiro atoms. The Morgan fingerprint density at radius 1 is 0.885 bits per heavy atom. The van der Waals surface area contributed by atoms with Gasteiger partial charge in [0.2, 0.25) is 0 Å². The van der Waals surface area contributed by atoms with Crippen LogP contribution in [-0.4, -0.2) is 44.1 Å². The first-order valence-corrected chi connectivity index (χ1v) is 18.3. The molecule has 1 aromatic carbocycles. The molecule has 7 heteroatoms. The summed E-state index contributed by atoms with van der Waals surface area (Å²) >= 11 is 0. The molecule has 0 aliphatic rings. The van der Waals surface area contributed by atoms with Crippen LogP contribution < -0.4 is 9.92 Å². The van der Waals surface area contributed by atoms with Crippen molar-refractivity contribution >= 4 is 36.6 Å². The summed E-state index contributed by atoms with van der Waals surface area (Å²) in [6, 6.07) is 6.12. The lowest BCUT2D eigenvalue weighted by Crippen LogP contribution is -2.61. The first-order chi connectivity index (χ1) is 11.5. The average molecular weight is 412 g/mol. The van der Waals surface area contributed by atoms with Gasteiger partial charge in [-0.15, -0.1) is 0 Å². The number of hydrogen-bond donors (Lipinski definition) is 0. The van der Waals surface area contributed by atoms with Crippen LogP contribution in [0.15, 0.2) is 23.2 Å². The lowest BCUT2D eigenvalue weighted by atomic mass is 10.1. The fourth-order valence-corrected chi connectivity index (χ4v) is 14.6. The van der Waals surface area contributed by atoms with E-state index in [1.807, 2.05) is 12.3 Å². The molecule has 0 saturated carbocycles. The summed E-state index contributed by atoms with van der Waals surface area (Å²) in [5.74, 6) is 0.824. The minimum Gasteiger partial charge on any atom is -0.497 e. The number of hydrogen-bond acceptors (Lipinski definition) is 4. The van der Waals surface area contributed by atoms with Gasteiger partial charge in [0.25, 0.3) is 0 Å². The van der Waals surface area contributed by atoms with Crippen LogP contribution in [-0.2, 0) is 8.23 Å². The molecule has 0 heterocycles. The second kappa shape index (κ2) is 8.10. The topological polar surface area (TPSA) is 40.0 Å². The first-order valence-electron chi connectivity index (χ1n) is 9.19. The van der Waals surface area contributed by atoms with Crippen molar-refractivity contribution in [1.82, 2.24) is 0 Å². The van der Waals surface area contributed by atoms with Gasteiger partial charge in [0.15, 0.2) is 16.6 Å². The smallest absolute Gasteiger partial charge is 0.349 e. The number of nitrogens with zero attached hydrogens (tertiary/aromatic N) is 1. The Morgan fingerprint density at radius 3 is 1.77 bits per heavy atom. The van der Waals surface area contributed by atoms with Gasteiger partial charge in [-0.25, -0.2) is 0 Å². The number of ether oxygens (including phenoxy) is 1. The Labute approximate surface area is 163 Å². The van der Waals surface area contributed by atoms with E-state index in [0.717, 1.165) is 16.5 Å². The molecule has 1 rings (SSSR count). The van der Waals surface area contributed by atoms with E-state index in [-0.39, 0.29) is 5.54 Å². The van der Waals surface area contributed by atoms with E-state index >= 15 is 0 Å². The van der Waals surface area contributed by atoms with Crippen molar-refractivity contribution in [1.29, 1.82) is 0 Å². The number of benzene rings is 1. The molecule has 0 unspecified atom stereocenters. The normalized spacial score (nSPS) is 14.1. The highest BCUT2D eigenvalue weighted by Crippen LogP contribution is 2.24. The van der Waals surface area contributed by atoms with Gasteiger partial charge in [0, 0.05) is 11.4 Å². The summed E-state index contributed by atoms with van der Waals surface area (Å²) in [4.78, 5) is 4.72. The van der Waals surface area contributed by atoms with E-state index in [9.17, 15) is 0 Å². The van der Waals surface area contributed by atoms with Gasteiger partial charge in [-0.3, -0.25) is 4.99 Å². The van der Waals surface area contributed by atoms with Gasteiger partial charge in [0.05, 0.1) is 12.6 Å². The number of methoxy groups -OCH3 is 1. The third-order valence-electron chi connectivity index (χ3n) is 3.34. The molecule has 0 amide bonds. The summed E-state index contributed by atoms with van der Waals surface area (Å²) in [5, 5.41) is 1.11. The highest BCUT2D eigenvalue weighted by molar-refractivity contribution is 6.94. The van der Waals surface area contributed by atoms with Gasteiger partial charge in [0.1, 0.15) is 5.75 Å². The molecule has 0 bridgehead atoms. The summed E-state index contributed by atoms with van der Waals surface area (Å²) in [7, 11) is -4.56. The third kappa shape index (κ3) is 7.87. The average Bonchev–Trinajstić information content (AvgIpc) is 2.40. The molecular weight excluding hydrogens is 374 g/mol. The predicted octanol–water partition coefficient (Wildman–Crippen LogP) is 4.89. The Morgan fingerprint density at radius 2 is 1.38 bits per heavy atom. The Hall–Kier alpha value is -0.739. The van der Waals surface area contributed by atoms with Crippen LogP contribution in [0.2, 0.25) is 45.8 Å². The highest BCUT2D eigenvalue weighted by Gasteiger charge is 2.43. The second-order valence-electron chi connectivity index (χ2n) is 9.76. The van der Waals surface area contributed by atoms with E-state index in [1.165, 1.54) is 0 Å². The maximum atomic E-state index is 6.73. The Kier molecular flexibility index (Phi) is 7.26. The van der Waals surface area contributed by atoms with Crippen LogP contribution in [0.5, 0.6) is 5.75 Å². The zero-order valence-corrected chi connectivity index (χ0v) is 21.5. The molecule has 0 aliphatic carbocycles. The highest BCUT2D eigenvalue weighted by atomic mass is 28.5. The van der Waals surface area contributed by atoms with Crippen LogP contribution in [0, 0.1) is 0 Å². The molecule has 1 aromatic rings. The van der Waals surface area contributed by atoms with Gasteiger partial charge in [-0.2, -0.15) is 0 Å². The quantitative estimate of drug-likeness (QED) is 0.473. The molecule has 0 radical (unpaired) electrons. The van der Waals surface area contributed by atoms with Crippen molar-refractivity contribution in [3.63, 3.8) is 0 Å². The Balaban J connectivity index is 3.58. The molecular formula is C19H37NO3Si3. The fourth-order valence-electron chi connectivity index (χ4n) is 2.73. The maximum absolute atomic E-state index is 6.73. The third-order valence-corrected chi connectivity index (χ3v) is 12.8. The minimum atomic E-state index is -2.63. The first kappa shape index (κ1) is 23.3. The van der Waals surface area contributed by atoms with Crippen LogP contribution in [0.1, 0.15) is 26.3 Å². The molecule has 0 fully saturated rings. The zero-order valence-electron chi connectivity index (χ0n) is 18.5. The van der Waals surface area contributed by atoms with E-state index < -0.39 is 25.2 Å². The monoisotopic (exact) mass is 411 g/mol. The Bertz CT molecular complexity index is 625. The maximum Gasteiger partial charge on any atom is 0.349 e. The summed E-state index contributed by atoms with van der Waals surface area (Å²) < 4.78 is 19.0. The zero-order chi connectivity index (χ0) is 20.4. The van der Waals surface area contributed by atoms with Gasteiger partial charge in [-0.1, -0.05) is 0 Å². The molecule has 0 atom stereocenters. The standard InChI is InChI=1S/C19H37NO3Si3/c1-19(2,3)20-15-16-12-13-17(21-4)14-18(16)26(11,22-24(5,6)7)23-25(8,9)10/h12-15H,1-11H3. The summed E-state index contributed by atoms with van der Waals surface area (Å²) in [6.45, 7) is 21.8. The molecule has 0 N–H and O–H groups in total. The lowest BCUT2D eigenvalue weighted by molar-refractivity contribution is 0.401. The van der Waals surface area contributed by atoms with Crippen molar-refractivity contribution in [3.8, 4) is 5.75 Å². The molecule has 4 nitrogen and oxygen atoms in total. The molecule has 0 aliphatic heterocycles. The number of rotatable bonds is 7. The van der Waals surface area contributed by atoms with Crippen LogP contribution in [0.4, 0.5) is 0 Å². The second-order valence-corrected chi connectivity index (χ2v) is 22.3. The molecule has 26 heavy (non-hydrogen) atoms. The van der Waals surface area contributed by atoms with E-state index in [1.54, 1.807) is 7.11 Å². The molecule has 148 valence electrons. The minimum absolute atomic E-state index is 0.131. The summed E-state index contributed by atoms with van der Waals surface area (Å²) in [5.41, 5.74) is 0.931. The van der Waals surface area contributed by atoms with E-state index in [0.29, 0.717) is 0 Å². The van der Waals surface area contributed by atoms with Crippen LogP contribution in [0.25, 0.3) is 0 Å². The van der Waals surface area contributed by atoms with Crippen molar-refractivity contribution in [3.05, 3.63) is 23.8 Å². The fraction of sp³-hybridized carbons (Fsp3) is 0.632. The van der Waals surface area contributed by atoms with Crippen LogP contribution >= 0.6 is 0 Å². The van der Waals surface area contributed by atoms with Crippen LogP contribution in [0.3, 0.4) is 0 Å². The van der Waals surface area contributed by atoms with Crippen molar-refractivity contribution in [2.75, 3.05) is 7.11 Å². The van der Waals surface area contributed by atoms with E-state index in [4.69, 9.17) is 18.0 Å². The van der Waals surface area contributed by atoms with Gasteiger partial charge in [-0.05, 0) is 90.4 Å². The van der Waals surface area contributed by atoms with Crippen molar-refractivity contribution in [2.45, 2.75) is 72.1 Å². The largest absolute Gasteiger partial charge is 0.497 e. The van der Waals surface area contributed by atoms with E-state index in [2.05, 4.69) is 78.7 Å². The van der Waals surface area contributed by atoms with Crippen molar-refractivity contribution < 1.29 is 13.0 Å². The predicted molar refractivity (Wildman–Crippen MR) is 120 cm³/mol. The van der Waals surface area contributed by atoms with Gasteiger partial charge < -0.3 is 13.0 Å². The van der Waals surface area contributed by atoms with Crippen molar-refractivity contribution in [2.24, 2.45) is 4.99 Å².